The van der Waals surface area contributed by atoms with Gasteiger partial charge in [-0.1, -0.05) is 13.3 Å². The summed E-state index contributed by atoms with van der Waals surface area (Å²) < 4.78 is 4.95. The molecule has 0 saturated carbocycles. The first-order valence-corrected chi connectivity index (χ1v) is 8.42. The van der Waals surface area contributed by atoms with E-state index in [1.54, 1.807) is 49.5 Å². The van der Waals surface area contributed by atoms with Crippen LogP contribution < -0.4 is 10.6 Å². The van der Waals surface area contributed by atoms with Crippen molar-refractivity contribution in [2.75, 3.05) is 17.2 Å². The van der Waals surface area contributed by atoms with E-state index in [4.69, 9.17) is 4.74 Å². The molecule has 0 bridgehead atoms. The largest absolute Gasteiger partial charge is 0.462 e. The molecule has 0 unspecified atom stereocenters. The third-order valence-corrected chi connectivity index (χ3v) is 3.47. The Morgan fingerprint density at radius 2 is 1.76 bits per heavy atom. The van der Waals surface area contributed by atoms with Crippen LogP contribution in [0, 0.1) is 0 Å². The Balaban J connectivity index is 1.92. The zero-order chi connectivity index (χ0) is 18.1. The number of carbonyl (C=O) groups excluding carboxylic acids is 2. The topological polar surface area (TPSA) is 80.3 Å². The monoisotopic (exact) mass is 341 g/mol. The van der Waals surface area contributed by atoms with Crippen LogP contribution in [0.1, 0.15) is 43.5 Å². The Morgan fingerprint density at radius 1 is 1.04 bits per heavy atom. The highest BCUT2D eigenvalue weighted by Crippen LogP contribution is 2.17. The van der Waals surface area contributed by atoms with Gasteiger partial charge in [-0.25, -0.2) is 9.78 Å². The Labute approximate surface area is 147 Å². The van der Waals surface area contributed by atoms with E-state index in [1.807, 2.05) is 0 Å². The molecule has 0 saturated heterocycles. The number of amides is 1. The van der Waals surface area contributed by atoms with Crippen molar-refractivity contribution in [3.8, 4) is 0 Å². The number of benzene rings is 1. The summed E-state index contributed by atoms with van der Waals surface area (Å²) in [5.74, 6) is 0.310. The van der Waals surface area contributed by atoms with Gasteiger partial charge < -0.3 is 15.4 Å². The van der Waals surface area contributed by atoms with Crippen molar-refractivity contribution in [3.63, 3.8) is 0 Å². The lowest BCUT2D eigenvalue weighted by Crippen LogP contribution is -2.11. The van der Waals surface area contributed by atoms with Gasteiger partial charge in [-0.15, -0.1) is 0 Å². The van der Waals surface area contributed by atoms with Crippen molar-refractivity contribution in [2.24, 2.45) is 0 Å². The maximum absolute atomic E-state index is 11.7. The summed E-state index contributed by atoms with van der Waals surface area (Å²) in [4.78, 5) is 27.6. The molecule has 0 aliphatic heterocycles. The number of carbonyl (C=O) groups is 2. The van der Waals surface area contributed by atoms with Crippen molar-refractivity contribution >= 4 is 29.1 Å². The molecule has 1 aromatic carbocycles. The molecule has 1 amide bonds. The molecule has 2 aromatic rings. The smallest absolute Gasteiger partial charge is 0.338 e. The van der Waals surface area contributed by atoms with E-state index >= 15 is 0 Å². The van der Waals surface area contributed by atoms with Crippen LogP contribution in [0.3, 0.4) is 0 Å². The summed E-state index contributed by atoms with van der Waals surface area (Å²) in [5.41, 5.74) is 1.98. The highest BCUT2D eigenvalue weighted by molar-refractivity contribution is 5.91. The lowest BCUT2D eigenvalue weighted by molar-refractivity contribution is -0.116. The number of esters is 1. The summed E-state index contributed by atoms with van der Waals surface area (Å²) in [6, 6.07) is 10.6. The highest BCUT2D eigenvalue weighted by atomic mass is 16.5. The van der Waals surface area contributed by atoms with Gasteiger partial charge in [-0.2, -0.15) is 0 Å². The first-order chi connectivity index (χ1) is 12.1. The molecule has 0 aliphatic carbocycles. The quantitative estimate of drug-likeness (QED) is 0.706. The molecule has 2 rings (SSSR count). The summed E-state index contributed by atoms with van der Waals surface area (Å²) >= 11 is 0. The first-order valence-electron chi connectivity index (χ1n) is 8.42. The number of nitrogens with zero attached hydrogens (tertiary/aromatic N) is 1. The number of aromatic nitrogens is 1. The number of pyridine rings is 1. The summed E-state index contributed by atoms with van der Waals surface area (Å²) in [5, 5.41) is 5.96. The molecule has 1 aromatic heterocycles. The van der Waals surface area contributed by atoms with Gasteiger partial charge in [-0.05, 0) is 49.7 Å². The van der Waals surface area contributed by atoms with Gasteiger partial charge in [0.25, 0.3) is 0 Å². The van der Waals surface area contributed by atoms with Crippen molar-refractivity contribution in [1.82, 2.24) is 4.98 Å². The minimum absolute atomic E-state index is 0.00101. The molecular weight excluding hydrogens is 318 g/mol. The Bertz CT molecular complexity index is 697. The molecule has 6 heteroatoms. The fourth-order valence-corrected chi connectivity index (χ4v) is 2.15. The molecule has 0 atom stereocenters. The molecule has 2 N–H and O–H groups in total. The molecule has 1 heterocycles. The zero-order valence-corrected chi connectivity index (χ0v) is 14.5. The van der Waals surface area contributed by atoms with Crippen LogP contribution in [-0.2, 0) is 9.53 Å². The number of rotatable bonds is 8. The van der Waals surface area contributed by atoms with E-state index in [2.05, 4.69) is 22.5 Å². The Hall–Kier alpha value is -2.89. The molecule has 132 valence electrons. The van der Waals surface area contributed by atoms with Crippen LogP contribution in [-0.4, -0.2) is 23.5 Å². The second-order valence-corrected chi connectivity index (χ2v) is 5.51. The molecular formula is C19H23N3O3. The van der Waals surface area contributed by atoms with Crippen LogP contribution in [0.4, 0.5) is 17.2 Å². The predicted octanol–water partition coefficient (Wildman–Crippen LogP) is 4.13. The molecule has 0 spiro atoms. The van der Waals surface area contributed by atoms with Crippen molar-refractivity contribution in [3.05, 3.63) is 48.2 Å². The van der Waals surface area contributed by atoms with E-state index in [0.717, 1.165) is 18.5 Å². The molecule has 0 radical (unpaired) electrons. The number of nitrogens with one attached hydrogen (secondary N) is 2. The minimum Gasteiger partial charge on any atom is -0.462 e. The van der Waals surface area contributed by atoms with E-state index in [9.17, 15) is 9.59 Å². The van der Waals surface area contributed by atoms with Crippen LogP contribution in [0.2, 0.25) is 0 Å². The average molecular weight is 341 g/mol. The summed E-state index contributed by atoms with van der Waals surface area (Å²) in [6.07, 6.45) is 3.99. The standard InChI is InChI=1S/C19H23N3O3/c1-3-5-6-18(23)22-16-11-12-17(20-13-16)21-15-9-7-14(8-10-15)19(24)25-4-2/h7-13H,3-6H2,1-2H3,(H,20,21)(H,22,23). The van der Waals surface area contributed by atoms with Crippen molar-refractivity contribution in [2.45, 2.75) is 33.1 Å². The van der Waals surface area contributed by atoms with Crippen molar-refractivity contribution in [1.29, 1.82) is 0 Å². The number of hydrogen-bond donors (Lipinski definition) is 2. The molecule has 25 heavy (non-hydrogen) atoms. The lowest BCUT2D eigenvalue weighted by atomic mass is 10.2. The Kier molecular flexibility index (Phi) is 6.95. The van der Waals surface area contributed by atoms with Gasteiger partial charge in [0.2, 0.25) is 5.91 Å². The SMILES string of the molecule is CCCCC(=O)Nc1ccc(Nc2ccc(C(=O)OCC)cc2)nc1. The summed E-state index contributed by atoms with van der Waals surface area (Å²) in [7, 11) is 0. The third kappa shape index (κ3) is 5.91. The third-order valence-electron chi connectivity index (χ3n) is 3.47. The zero-order valence-electron chi connectivity index (χ0n) is 14.5. The van der Waals surface area contributed by atoms with E-state index in [-0.39, 0.29) is 11.9 Å². The fraction of sp³-hybridized carbons (Fsp3) is 0.316. The van der Waals surface area contributed by atoms with Gasteiger partial charge in [0.15, 0.2) is 0 Å². The Morgan fingerprint density at radius 3 is 2.36 bits per heavy atom. The maximum atomic E-state index is 11.7. The van der Waals surface area contributed by atoms with Gasteiger partial charge in [0, 0.05) is 12.1 Å². The van der Waals surface area contributed by atoms with E-state index in [0.29, 0.717) is 30.1 Å². The molecule has 6 nitrogen and oxygen atoms in total. The molecule has 0 aliphatic rings. The average Bonchev–Trinajstić information content (AvgIpc) is 2.62. The predicted molar refractivity (Wildman–Crippen MR) is 98.1 cm³/mol. The normalized spacial score (nSPS) is 10.2. The number of ether oxygens (including phenoxy) is 1. The second-order valence-electron chi connectivity index (χ2n) is 5.51. The number of anilines is 3. The number of unbranched alkanes of at least 4 members (excludes halogenated alkanes) is 1. The number of hydrogen-bond acceptors (Lipinski definition) is 5. The second kappa shape index (κ2) is 9.42. The maximum Gasteiger partial charge on any atom is 0.338 e. The molecule has 0 fully saturated rings. The minimum atomic E-state index is -0.338. The van der Waals surface area contributed by atoms with Gasteiger partial charge in [0.05, 0.1) is 24.1 Å². The van der Waals surface area contributed by atoms with Crippen molar-refractivity contribution < 1.29 is 14.3 Å². The van der Waals surface area contributed by atoms with Gasteiger partial charge >= 0.3 is 5.97 Å². The van der Waals surface area contributed by atoms with Crippen LogP contribution in [0.15, 0.2) is 42.6 Å². The van der Waals surface area contributed by atoms with Crippen LogP contribution in [0.5, 0.6) is 0 Å². The van der Waals surface area contributed by atoms with Gasteiger partial charge in [0.1, 0.15) is 5.82 Å². The van der Waals surface area contributed by atoms with E-state index < -0.39 is 0 Å². The van der Waals surface area contributed by atoms with Crippen LogP contribution in [0.25, 0.3) is 0 Å². The van der Waals surface area contributed by atoms with Gasteiger partial charge in [-0.3, -0.25) is 4.79 Å². The lowest BCUT2D eigenvalue weighted by Gasteiger charge is -2.08. The van der Waals surface area contributed by atoms with Crippen LogP contribution >= 0.6 is 0 Å². The fourth-order valence-electron chi connectivity index (χ4n) is 2.15. The van der Waals surface area contributed by atoms with E-state index in [1.165, 1.54) is 0 Å². The highest BCUT2D eigenvalue weighted by Gasteiger charge is 2.06. The first kappa shape index (κ1) is 18.4. The summed E-state index contributed by atoms with van der Waals surface area (Å²) in [6.45, 7) is 4.17.